The number of halogens is 1. The lowest BCUT2D eigenvalue weighted by Gasteiger charge is -2.21. The Morgan fingerprint density at radius 2 is 1.73 bits per heavy atom. The summed E-state index contributed by atoms with van der Waals surface area (Å²) in [6.45, 7) is 5.98. The van der Waals surface area contributed by atoms with E-state index in [1.54, 1.807) is 12.1 Å². The van der Waals surface area contributed by atoms with Crippen molar-refractivity contribution in [1.82, 2.24) is 0 Å². The number of rotatable bonds is 8. The number of nitrogens with one attached hydrogen (secondary N) is 1. The molecule has 0 aliphatic heterocycles. The van der Waals surface area contributed by atoms with E-state index in [2.05, 4.69) is 24.1 Å². The minimum Gasteiger partial charge on any atom is -0.372 e. The summed E-state index contributed by atoms with van der Waals surface area (Å²) in [6.07, 6.45) is -0.118. The molecule has 0 aliphatic carbocycles. The highest BCUT2D eigenvalue weighted by molar-refractivity contribution is 7.91. The maximum Gasteiger partial charge on any atom is 0.225 e. The first-order chi connectivity index (χ1) is 12.4. The van der Waals surface area contributed by atoms with E-state index in [0.717, 1.165) is 18.8 Å². The molecule has 1 N–H and O–H groups in total. The average Bonchev–Trinajstić information content (AvgIpc) is 2.62. The topological polar surface area (TPSA) is 66.5 Å². The van der Waals surface area contributed by atoms with Gasteiger partial charge in [-0.2, -0.15) is 0 Å². The molecular weight excluding hydrogens is 372 g/mol. The van der Waals surface area contributed by atoms with E-state index in [-0.39, 0.29) is 23.0 Å². The maximum absolute atomic E-state index is 12.3. The Labute approximate surface area is 159 Å². The molecule has 2 rings (SSSR count). The number of hydrogen-bond acceptors (Lipinski definition) is 4. The molecule has 1 amide bonds. The molecule has 0 bridgehead atoms. The molecule has 0 saturated carbocycles. The molecule has 0 aromatic heterocycles. The minimum atomic E-state index is -3.55. The Morgan fingerprint density at radius 1 is 1.08 bits per heavy atom. The van der Waals surface area contributed by atoms with Crippen molar-refractivity contribution >= 4 is 38.7 Å². The molecule has 0 heterocycles. The van der Waals surface area contributed by atoms with Crippen LogP contribution in [-0.2, 0) is 14.6 Å². The Hall–Kier alpha value is -2.05. The van der Waals surface area contributed by atoms with Crippen molar-refractivity contribution in [2.24, 2.45) is 0 Å². The zero-order chi connectivity index (χ0) is 19.2. The van der Waals surface area contributed by atoms with Crippen LogP contribution in [0.1, 0.15) is 20.3 Å². The Kier molecular flexibility index (Phi) is 7.06. The van der Waals surface area contributed by atoms with Gasteiger partial charge in [-0.15, -0.1) is 0 Å². The molecule has 0 unspecified atom stereocenters. The van der Waals surface area contributed by atoms with E-state index in [0.29, 0.717) is 10.7 Å². The fourth-order valence-corrected chi connectivity index (χ4v) is 4.11. The lowest BCUT2D eigenvalue weighted by molar-refractivity contribution is -0.115. The maximum atomic E-state index is 12.3. The summed E-state index contributed by atoms with van der Waals surface area (Å²) in [6, 6.07) is 13.6. The van der Waals surface area contributed by atoms with Crippen LogP contribution < -0.4 is 10.2 Å². The van der Waals surface area contributed by atoms with Gasteiger partial charge in [0.2, 0.25) is 5.91 Å². The monoisotopic (exact) mass is 394 g/mol. The van der Waals surface area contributed by atoms with Gasteiger partial charge in [0, 0.05) is 35.9 Å². The van der Waals surface area contributed by atoms with Crippen LogP contribution in [0.4, 0.5) is 11.4 Å². The van der Waals surface area contributed by atoms with Gasteiger partial charge in [-0.25, -0.2) is 8.42 Å². The van der Waals surface area contributed by atoms with Crippen LogP contribution in [0, 0.1) is 0 Å². The van der Waals surface area contributed by atoms with Gasteiger partial charge in [-0.3, -0.25) is 4.79 Å². The summed E-state index contributed by atoms with van der Waals surface area (Å²) < 4.78 is 24.6. The second-order valence-corrected chi connectivity index (χ2v) is 8.34. The van der Waals surface area contributed by atoms with Gasteiger partial charge in [0.05, 0.1) is 10.6 Å². The highest BCUT2D eigenvalue weighted by atomic mass is 35.5. The molecule has 0 aliphatic rings. The number of amides is 1. The third-order valence-electron chi connectivity index (χ3n) is 4.03. The van der Waals surface area contributed by atoms with Gasteiger partial charge in [0.15, 0.2) is 9.84 Å². The summed E-state index contributed by atoms with van der Waals surface area (Å²) in [5.41, 5.74) is 1.72. The molecular formula is C19H23ClN2O3S. The number of anilines is 2. The quantitative estimate of drug-likeness (QED) is 0.735. The molecule has 0 atom stereocenters. The van der Waals surface area contributed by atoms with Crippen molar-refractivity contribution in [3.63, 3.8) is 0 Å². The van der Waals surface area contributed by atoms with Crippen LogP contribution in [0.25, 0.3) is 0 Å². The number of nitrogens with zero attached hydrogens (tertiary/aromatic N) is 1. The molecule has 0 radical (unpaired) electrons. The van der Waals surface area contributed by atoms with E-state index >= 15 is 0 Å². The summed E-state index contributed by atoms with van der Waals surface area (Å²) >= 11 is 5.83. The number of carbonyl (C=O) groups is 1. The van der Waals surface area contributed by atoms with Gasteiger partial charge in [0.1, 0.15) is 0 Å². The molecule has 2 aromatic rings. The van der Waals surface area contributed by atoms with Crippen LogP contribution in [0.5, 0.6) is 0 Å². The summed E-state index contributed by atoms with van der Waals surface area (Å²) in [7, 11) is -3.55. The molecule has 140 valence electrons. The van der Waals surface area contributed by atoms with Crippen molar-refractivity contribution in [2.75, 3.05) is 29.1 Å². The first-order valence-electron chi connectivity index (χ1n) is 8.49. The van der Waals surface area contributed by atoms with Crippen molar-refractivity contribution in [3.8, 4) is 0 Å². The predicted molar refractivity (Wildman–Crippen MR) is 107 cm³/mol. The summed E-state index contributed by atoms with van der Waals surface area (Å²) in [5.74, 6) is -0.609. The highest BCUT2D eigenvalue weighted by Gasteiger charge is 2.17. The lowest BCUT2D eigenvalue weighted by Crippen LogP contribution is -2.21. The van der Waals surface area contributed by atoms with Crippen molar-refractivity contribution in [2.45, 2.75) is 25.2 Å². The zero-order valence-electron chi connectivity index (χ0n) is 14.9. The standard InChI is InChI=1S/C19H23ClN2O3S/c1-3-22(4-2)17-10-8-16(9-11-17)21-19(23)12-13-26(24,25)18-7-5-6-15(20)14-18/h5-11,14H,3-4,12-13H2,1-2H3,(H,21,23). The van der Waals surface area contributed by atoms with E-state index < -0.39 is 9.84 Å². The molecule has 0 fully saturated rings. The molecule has 5 nitrogen and oxygen atoms in total. The SMILES string of the molecule is CCN(CC)c1ccc(NC(=O)CCS(=O)(=O)c2cccc(Cl)c2)cc1. The van der Waals surface area contributed by atoms with E-state index in [4.69, 9.17) is 11.6 Å². The first-order valence-corrected chi connectivity index (χ1v) is 10.5. The van der Waals surface area contributed by atoms with Crippen LogP contribution >= 0.6 is 11.6 Å². The summed E-state index contributed by atoms with van der Waals surface area (Å²) in [4.78, 5) is 14.4. The zero-order valence-corrected chi connectivity index (χ0v) is 16.5. The second kappa shape index (κ2) is 9.05. The molecule has 0 spiro atoms. The van der Waals surface area contributed by atoms with Crippen molar-refractivity contribution < 1.29 is 13.2 Å². The molecule has 26 heavy (non-hydrogen) atoms. The van der Waals surface area contributed by atoms with Crippen LogP contribution in [0.2, 0.25) is 5.02 Å². The Balaban J connectivity index is 1.94. The fourth-order valence-electron chi connectivity index (χ4n) is 2.57. The normalized spacial score (nSPS) is 11.2. The van der Waals surface area contributed by atoms with Gasteiger partial charge in [-0.05, 0) is 56.3 Å². The average molecular weight is 395 g/mol. The summed E-state index contributed by atoms with van der Waals surface area (Å²) in [5, 5.41) is 3.08. The largest absolute Gasteiger partial charge is 0.372 e. The number of sulfone groups is 1. The van der Waals surface area contributed by atoms with E-state index in [1.807, 2.05) is 24.3 Å². The number of carbonyl (C=O) groups excluding carboxylic acids is 1. The fraction of sp³-hybridized carbons (Fsp3) is 0.316. The Morgan fingerprint density at radius 3 is 2.31 bits per heavy atom. The lowest BCUT2D eigenvalue weighted by atomic mass is 10.2. The first kappa shape index (κ1) is 20.3. The van der Waals surface area contributed by atoms with Crippen LogP contribution in [0.3, 0.4) is 0 Å². The number of benzene rings is 2. The van der Waals surface area contributed by atoms with E-state index in [1.165, 1.54) is 12.1 Å². The Bertz CT molecular complexity index is 847. The van der Waals surface area contributed by atoms with Crippen LogP contribution in [-0.4, -0.2) is 33.2 Å². The third-order valence-corrected chi connectivity index (χ3v) is 5.98. The van der Waals surface area contributed by atoms with Crippen molar-refractivity contribution in [3.05, 3.63) is 53.6 Å². The second-order valence-electron chi connectivity index (χ2n) is 5.79. The van der Waals surface area contributed by atoms with Gasteiger partial charge < -0.3 is 10.2 Å². The predicted octanol–water partition coefficient (Wildman–Crippen LogP) is 3.99. The van der Waals surface area contributed by atoms with Gasteiger partial charge >= 0.3 is 0 Å². The van der Waals surface area contributed by atoms with Gasteiger partial charge in [-0.1, -0.05) is 17.7 Å². The molecule has 7 heteroatoms. The molecule has 2 aromatic carbocycles. The third kappa shape index (κ3) is 5.47. The highest BCUT2D eigenvalue weighted by Crippen LogP contribution is 2.19. The minimum absolute atomic E-state index is 0.118. The smallest absolute Gasteiger partial charge is 0.225 e. The van der Waals surface area contributed by atoms with Crippen LogP contribution in [0.15, 0.2) is 53.4 Å². The van der Waals surface area contributed by atoms with E-state index in [9.17, 15) is 13.2 Å². The van der Waals surface area contributed by atoms with Crippen molar-refractivity contribution in [1.29, 1.82) is 0 Å². The van der Waals surface area contributed by atoms with Gasteiger partial charge in [0.25, 0.3) is 0 Å². The number of hydrogen-bond donors (Lipinski definition) is 1. The molecule has 0 saturated heterocycles.